The average molecular weight is 390 g/mol. The van der Waals surface area contributed by atoms with Gasteiger partial charge in [-0.05, 0) is 61.7 Å². The van der Waals surface area contributed by atoms with Crippen LogP contribution in [0.15, 0.2) is 42.5 Å². The van der Waals surface area contributed by atoms with E-state index in [-0.39, 0.29) is 17.1 Å². The van der Waals surface area contributed by atoms with Crippen LogP contribution in [-0.2, 0) is 13.1 Å². The molecule has 144 valence electrons. The Labute approximate surface area is 164 Å². The van der Waals surface area contributed by atoms with E-state index in [1.54, 1.807) is 6.07 Å². The molecule has 3 rings (SSSR count). The van der Waals surface area contributed by atoms with E-state index in [2.05, 4.69) is 27.7 Å². The first-order chi connectivity index (χ1) is 13.0. The molecule has 1 aliphatic rings. The number of urea groups is 1. The maximum absolute atomic E-state index is 13.3. The van der Waals surface area contributed by atoms with Crippen molar-refractivity contribution in [3.05, 3.63) is 70.0 Å². The predicted molar refractivity (Wildman–Crippen MR) is 106 cm³/mol. The largest absolute Gasteiger partial charge is 0.334 e. The summed E-state index contributed by atoms with van der Waals surface area (Å²) in [6.07, 6.45) is 2.55. The lowest BCUT2D eigenvalue weighted by Crippen LogP contribution is -2.36. The molecule has 0 saturated carbocycles. The molecule has 2 aromatic carbocycles. The molecule has 0 unspecified atom stereocenters. The van der Waals surface area contributed by atoms with E-state index < -0.39 is 5.82 Å². The quantitative estimate of drug-likeness (QED) is 0.756. The number of nitrogens with one attached hydrogen (secondary N) is 2. The molecule has 2 N–H and O–H groups in total. The Kier molecular flexibility index (Phi) is 6.69. The van der Waals surface area contributed by atoms with Gasteiger partial charge in [-0.2, -0.15) is 0 Å². The van der Waals surface area contributed by atoms with Crippen LogP contribution >= 0.6 is 11.6 Å². The summed E-state index contributed by atoms with van der Waals surface area (Å²) in [4.78, 5) is 14.6. The molecular weight excluding hydrogens is 365 g/mol. The highest BCUT2D eigenvalue weighted by Crippen LogP contribution is 2.20. The molecule has 2 amide bonds. The summed E-state index contributed by atoms with van der Waals surface area (Å²) < 4.78 is 13.3. The number of hydrogen-bond donors (Lipinski definition) is 2. The highest BCUT2D eigenvalue weighted by atomic mass is 35.5. The fourth-order valence-electron chi connectivity index (χ4n) is 3.33. The van der Waals surface area contributed by atoms with Crippen LogP contribution in [0.4, 0.5) is 9.18 Å². The van der Waals surface area contributed by atoms with Crippen LogP contribution in [0, 0.1) is 5.82 Å². The lowest BCUT2D eigenvalue weighted by atomic mass is 10.1. The number of nitrogens with zero attached hydrogens (tertiary/aromatic N) is 1. The van der Waals surface area contributed by atoms with Gasteiger partial charge in [-0.3, -0.25) is 4.90 Å². The second kappa shape index (κ2) is 9.20. The molecule has 2 aromatic rings. The van der Waals surface area contributed by atoms with Gasteiger partial charge >= 0.3 is 6.03 Å². The molecule has 0 bridgehead atoms. The maximum Gasteiger partial charge on any atom is 0.315 e. The molecule has 1 heterocycles. The van der Waals surface area contributed by atoms with Gasteiger partial charge in [-0.15, -0.1) is 0 Å². The van der Waals surface area contributed by atoms with Crippen molar-refractivity contribution in [3.63, 3.8) is 0 Å². The van der Waals surface area contributed by atoms with Crippen molar-refractivity contribution in [1.29, 1.82) is 0 Å². The second-order valence-electron chi connectivity index (χ2n) is 7.03. The third-order valence-electron chi connectivity index (χ3n) is 4.84. The van der Waals surface area contributed by atoms with Gasteiger partial charge in [0.25, 0.3) is 0 Å². The van der Waals surface area contributed by atoms with Gasteiger partial charge in [0.2, 0.25) is 0 Å². The van der Waals surface area contributed by atoms with Crippen molar-refractivity contribution >= 4 is 17.6 Å². The Bertz CT molecular complexity index is 793. The van der Waals surface area contributed by atoms with Gasteiger partial charge in [0.1, 0.15) is 5.82 Å². The van der Waals surface area contributed by atoms with Gasteiger partial charge in [-0.25, -0.2) is 9.18 Å². The Morgan fingerprint density at radius 1 is 1.19 bits per heavy atom. The first-order valence-electron chi connectivity index (χ1n) is 9.31. The molecule has 0 radical (unpaired) electrons. The van der Waals surface area contributed by atoms with Gasteiger partial charge < -0.3 is 10.6 Å². The summed E-state index contributed by atoms with van der Waals surface area (Å²) in [5, 5.41) is 5.78. The van der Waals surface area contributed by atoms with Crippen molar-refractivity contribution in [3.8, 4) is 0 Å². The summed E-state index contributed by atoms with van der Waals surface area (Å²) in [7, 11) is 0. The highest BCUT2D eigenvalue weighted by Gasteiger charge is 2.13. The van der Waals surface area contributed by atoms with Crippen molar-refractivity contribution in [2.45, 2.75) is 38.9 Å². The minimum atomic E-state index is -0.467. The lowest BCUT2D eigenvalue weighted by molar-refractivity contribution is 0.237. The molecule has 0 aliphatic carbocycles. The van der Waals surface area contributed by atoms with Crippen molar-refractivity contribution in [1.82, 2.24) is 15.5 Å². The molecule has 0 spiro atoms. The molecule has 1 saturated heterocycles. The first-order valence-corrected chi connectivity index (χ1v) is 9.68. The zero-order valence-electron chi connectivity index (χ0n) is 15.5. The van der Waals surface area contributed by atoms with E-state index in [0.717, 1.165) is 30.8 Å². The van der Waals surface area contributed by atoms with Crippen molar-refractivity contribution in [2.75, 3.05) is 13.1 Å². The number of benzene rings is 2. The number of likely N-dealkylation sites (tertiary alicyclic amines) is 1. The average Bonchev–Trinajstić information content (AvgIpc) is 3.15. The Morgan fingerprint density at radius 3 is 2.67 bits per heavy atom. The zero-order chi connectivity index (χ0) is 19.2. The van der Waals surface area contributed by atoms with E-state index in [1.165, 1.54) is 30.5 Å². The standard InChI is InChI=1S/C21H25ClFN3O/c1-15(18-7-8-20(23)19(22)12-18)25-21(27)24-13-16-5-4-6-17(11-16)14-26-9-2-3-10-26/h4-8,11-12,15H,2-3,9-10,13-14H2,1H3,(H2,24,25,27)/t15-/m1/s1. The molecule has 1 fully saturated rings. The van der Waals surface area contributed by atoms with Crippen LogP contribution < -0.4 is 10.6 Å². The van der Waals surface area contributed by atoms with Crippen LogP contribution in [0.5, 0.6) is 0 Å². The van der Waals surface area contributed by atoms with Crippen molar-refractivity contribution < 1.29 is 9.18 Å². The topological polar surface area (TPSA) is 44.4 Å². The van der Waals surface area contributed by atoms with Crippen LogP contribution in [0.2, 0.25) is 5.02 Å². The summed E-state index contributed by atoms with van der Waals surface area (Å²) in [6.45, 7) is 5.57. The van der Waals surface area contributed by atoms with Crippen LogP contribution in [0.1, 0.15) is 42.5 Å². The van der Waals surface area contributed by atoms with E-state index in [1.807, 2.05) is 19.1 Å². The number of rotatable bonds is 6. The molecule has 1 aliphatic heterocycles. The molecule has 0 aromatic heterocycles. The van der Waals surface area contributed by atoms with Crippen molar-refractivity contribution in [2.24, 2.45) is 0 Å². The molecule has 4 nitrogen and oxygen atoms in total. The Morgan fingerprint density at radius 2 is 1.93 bits per heavy atom. The van der Waals surface area contributed by atoms with E-state index in [0.29, 0.717) is 6.54 Å². The minimum absolute atomic E-state index is 0.0522. The fraction of sp³-hybridized carbons (Fsp3) is 0.381. The van der Waals surface area contributed by atoms with Crippen LogP contribution in [0.3, 0.4) is 0 Å². The Hall–Kier alpha value is -2.11. The zero-order valence-corrected chi connectivity index (χ0v) is 16.2. The van der Waals surface area contributed by atoms with Crippen LogP contribution in [0.25, 0.3) is 0 Å². The van der Waals surface area contributed by atoms with E-state index in [4.69, 9.17) is 11.6 Å². The second-order valence-corrected chi connectivity index (χ2v) is 7.43. The number of carbonyl (C=O) groups excluding carboxylic acids is 1. The SMILES string of the molecule is C[C@@H](NC(=O)NCc1cccc(CN2CCCC2)c1)c1ccc(F)c(Cl)c1. The van der Waals surface area contributed by atoms with Gasteiger partial charge in [-0.1, -0.05) is 41.9 Å². The summed E-state index contributed by atoms with van der Waals surface area (Å²) in [5.74, 6) is -0.467. The predicted octanol–water partition coefficient (Wildman–Crippen LogP) is 4.64. The van der Waals surface area contributed by atoms with Gasteiger partial charge in [0.05, 0.1) is 11.1 Å². The number of halogens is 2. The normalized spacial score (nSPS) is 15.5. The fourth-order valence-corrected chi connectivity index (χ4v) is 3.52. The smallest absolute Gasteiger partial charge is 0.315 e. The third-order valence-corrected chi connectivity index (χ3v) is 5.13. The van der Waals surface area contributed by atoms with Gasteiger partial charge in [0, 0.05) is 13.1 Å². The van der Waals surface area contributed by atoms with E-state index >= 15 is 0 Å². The summed E-state index contributed by atoms with van der Waals surface area (Å²) in [6, 6.07) is 12.2. The monoisotopic (exact) mass is 389 g/mol. The first kappa shape index (κ1) is 19.6. The number of hydrogen-bond acceptors (Lipinski definition) is 2. The molecule has 27 heavy (non-hydrogen) atoms. The maximum atomic E-state index is 13.3. The molecular formula is C21H25ClFN3O. The number of amides is 2. The minimum Gasteiger partial charge on any atom is -0.334 e. The third kappa shape index (κ3) is 5.68. The van der Waals surface area contributed by atoms with Gasteiger partial charge in [0.15, 0.2) is 0 Å². The lowest BCUT2D eigenvalue weighted by Gasteiger charge is -2.17. The van der Waals surface area contributed by atoms with Crippen LogP contribution in [-0.4, -0.2) is 24.0 Å². The highest BCUT2D eigenvalue weighted by molar-refractivity contribution is 6.30. The molecule has 6 heteroatoms. The molecule has 1 atom stereocenters. The Balaban J connectivity index is 1.50. The summed E-state index contributed by atoms with van der Waals surface area (Å²) >= 11 is 5.80. The van der Waals surface area contributed by atoms with E-state index in [9.17, 15) is 9.18 Å². The summed E-state index contributed by atoms with van der Waals surface area (Å²) in [5.41, 5.74) is 3.09. The number of carbonyl (C=O) groups is 1.